The van der Waals surface area contributed by atoms with Gasteiger partial charge in [-0.15, -0.1) is 0 Å². The fourth-order valence-corrected chi connectivity index (χ4v) is 2.45. The maximum atomic E-state index is 12.2. The van der Waals surface area contributed by atoms with Crippen molar-refractivity contribution in [2.45, 2.75) is 26.8 Å². The Balaban J connectivity index is 1.91. The van der Waals surface area contributed by atoms with Crippen molar-refractivity contribution in [2.75, 3.05) is 13.7 Å². The Bertz CT molecular complexity index is 696. The van der Waals surface area contributed by atoms with Crippen LogP contribution in [-0.2, 0) is 17.8 Å². The van der Waals surface area contributed by atoms with Crippen molar-refractivity contribution in [2.24, 2.45) is 5.92 Å². The van der Waals surface area contributed by atoms with E-state index in [9.17, 15) is 9.59 Å². The highest BCUT2D eigenvalue weighted by atomic mass is 16.5. The summed E-state index contributed by atoms with van der Waals surface area (Å²) in [6.07, 6.45) is 3.81. The molecule has 1 heterocycles. The van der Waals surface area contributed by atoms with Gasteiger partial charge >= 0.3 is 0 Å². The average molecular weight is 329 g/mol. The van der Waals surface area contributed by atoms with E-state index in [4.69, 9.17) is 4.74 Å². The van der Waals surface area contributed by atoms with Crippen LogP contribution in [0.1, 0.15) is 29.8 Å². The summed E-state index contributed by atoms with van der Waals surface area (Å²) >= 11 is 0. The summed E-state index contributed by atoms with van der Waals surface area (Å²) in [6, 6.07) is 7.02. The number of ether oxygens (including phenoxy) is 1. The van der Waals surface area contributed by atoms with Crippen molar-refractivity contribution >= 4 is 11.7 Å². The molecule has 0 aliphatic heterocycles. The number of aromatic nitrogens is 2. The number of ketones is 1. The minimum atomic E-state index is -0.0960. The molecule has 1 aromatic carbocycles. The molecule has 0 radical (unpaired) electrons. The molecule has 0 unspecified atom stereocenters. The maximum Gasteiger partial charge on any atom is 0.224 e. The molecule has 6 heteroatoms. The van der Waals surface area contributed by atoms with Crippen LogP contribution in [-0.4, -0.2) is 35.1 Å². The molecule has 0 saturated heterocycles. The molecular weight excluding hydrogens is 306 g/mol. The van der Waals surface area contributed by atoms with Crippen molar-refractivity contribution in [3.05, 3.63) is 47.8 Å². The molecule has 6 nitrogen and oxygen atoms in total. The first-order chi connectivity index (χ1) is 11.5. The highest BCUT2D eigenvalue weighted by Gasteiger charge is 2.12. The summed E-state index contributed by atoms with van der Waals surface area (Å²) in [5, 5.41) is 7.08. The molecular formula is C18H23N3O3. The van der Waals surface area contributed by atoms with Crippen molar-refractivity contribution in [3.63, 3.8) is 0 Å². The Morgan fingerprint density at radius 3 is 2.79 bits per heavy atom. The van der Waals surface area contributed by atoms with E-state index in [2.05, 4.69) is 17.3 Å². The van der Waals surface area contributed by atoms with E-state index in [0.29, 0.717) is 23.4 Å². The van der Waals surface area contributed by atoms with E-state index in [1.165, 1.54) is 6.92 Å². The standard InChI is InChI=1S/C18H23N3O3/c1-13(12-21-8-4-7-20-21)11-19-18(23)10-16-9-15(14(2)22)5-6-17(16)24-3/h4-9,13H,10-12H2,1-3H3,(H,19,23)/t13-/m0/s1. The zero-order valence-corrected chi connectivity index (χ0v) is 14.3. The first-order valence-electron chi connectivity index (χ1n) is 7.91. The summed E-state index contributed by atoms with van der Waals surface area (Å²) in [7, 11) is 1.55. The maximum absolute atomic E-state index is 12.2. The van der Waals surface area contributed by atoms with Crippen LogP contribution in [0.25, 0.3) is 0 Å². The van der Waals surface area contributed by atoms with Gasteiger partial charge in [0.15, 0.2) is 5.78 Å². The van der Waals surface area contributed by atoms with Crippen molar-refractivity contribution in [1.29, 1.82) is 0 Å². The molecule has 0 saturated carbocycles. The van der Waals surface area contributed by atoms with Gasteiger partial charge in [0, 0.05) is 36.6 Å². The van der Waals surface area contributed by atoms with Gasteiger partial charge in [-0.3, -0.25) is 14.3 Å². The van der Waals surface area contributed by atoms with E-state index in [0.717, 1.165) is 6.54 Å². The Kier molecular flexibility index (Phi) is 6.12. The quantitative estimate of drug-likeness (QED) is 0.753. The average Bonchev–Trinajstić information content (AvgIpc) is 3.05. The Morgan fingerprint density at radius 2 is 2.17 bits per heavy atom. The number of benzene rings is 1. The van der Waals surface area contributed by atoms with Crippen LogP contribution < -0.4 is 10.1 Å². The smallest absolute Gasteiger partial charge is 0.224 e. The SMILES string of the molecule is COc1ccc(C(C)=O)cc1CC(=O)NC[C@H](C)Cn1cccn1. The number of Topliss-reactive ketones (excluding diaryl/α,β-unsaturated/α-hetero) is 1. The van der Waals surface area contributed by atoms with Crippen LogP contribution in [0.15, 0.2) is 36.7 Å². The van der Waals surface area contributed by atoms with Crippen molar-refractivity contribution in [3.8, 4) is 5.75 Å². The third-order valence-electron chi connectivity index (χ3n) is 3.74. The summed E-state index contributed by atoms with van der Waals surface area (Å²) < 4.78 is 7.12. The first-order valence-corrected chi connectivity index (χ1v) is 7.91. The van der Waals surface area contributed by atoms with Gasteiger partial charge < -0.3 is 10.1 Å². The van der Waals surface area contributed by atoms with E-state index in [1.54, 1.807) is 31.5 Å². The van der Waals surface area contributed by atoms with Gasteiger partial charge in [0.05, 0.1) is 13.5 Å². The fourth-order valence-electron chi connectivity index (χ4n) is 2.45. The zero-order valence-electron chi connectivity index (χ0n) is 14.3. The summed E-state index contributed by atoms with van der Waals surface area (Å²) in [6.45, 7) is 4.87. The molecule has 1 amide bonds. The molecule has 0 bridgehead atoms. The normalized spacial score (nSPS) is 11.8. The second-order valence-electron chi connectivity index (χ2n) is 5.90. The van der Waals surface area contributed by atoms with Crippen LogP contribution in [0.4, 0.5) is 0 Å². The largest absolute Gasteiger partial charge is 0.496 e. The summed E-state index contributed by atoms with van der Waals surface area (Å²) in [4.78, 5) is 23.7. The number of nitrogens with zero attached hydrogens (tertiary/aromatic N) is 2. The van der Waals surface area contributed by atoms with E-state index in [1.807, 2.05) is 16.9 Å². The molecule has 128 valence electrons. The second-order valence-corrected chi connectivity index (χ2v) is 5.90. The predicted octanol–water partition coefficient (Wildman–Crippen LogP) is 2.09. The molecule has 24 heavy (non-hydrogen) atoms. The highest BCUT2D eigenvalue weighted by Crippen LogP contribution is 2.20. The molecule has 2 rings (SSSR count). The Morgan fingerprint density at radius 1 is 1.38 bits per heavy atom. The first kappa shape index (κ1) is 17.7. The molecule has 1 atom stereocenters. The number of methoxy groups -OCH3 is 1. The van der Waals surface area contributed by atoms with Crippen LogP contribution >= 0.6 is 0 Å². The number of carbonyl (C=O) groups excluding carboxylic acids is 2. The molecule has 1 aromatic heterocycles. The lowest BCUT2D eigenvalue weighted by Crippen LogP contribution is -2.31. The molecule has 1 N–H and O–H groups in total. The second kappa shape index (κ2) is 8.29. The lowest BCUT2D eigenvalue weighted by atomic mass is 10.0. The minimum Gasteiger partial charge on any atom is -0.496 e. The minimum absolute atomic E-state index is 0.0350. The number of rotatable bonds is 8. The van der Waals surface area contributed by atoms with Gasteiger partial charge in [-0.1, -0.05) is 6.92 Å². The molecule has 0 aliphatic carbocycles. The molecule has 2 aromatic rings. The number of hydrogen-bond acceptors (Lipinski definition) is 4. The topological polar surface area (TPSA) is 73.2 Å². The summed E-state index contributed by atoms with van der Waals surface area (Å²) in [5.41, 5.74) is 1.29. The van der Waals surface area contributed by atoms with Crippen molar-refractivity contribution < 1.29 is 14.3 Å². The van der Waals surface area contributed by atoms with Gasteiger partial charge in [0.25, 0.3) is 0 Å². The lowest BCUT2D eigenvalue weighted by molar-refractivity contribution is -0.120. The van der Waals surface area contributed by atoms with Crippen molar-refractivity contribution in [1.82, 2.24) is 15.1 Å². The highest BCUT2D eigenvalue weighted by molar-refractivity contribution is 5.94. The third kappa shape index (κ3) is 4.94. The molecule has 0 aliphatic rings. The zero-order chi connectivity index (χ0) is 17.5. The molecule has 0 fully saturated rings. The van der Waals surface area contributed by atoms with Crippen LogP contribution in [0, 0.1) is 5.92 Å². The van der Waals surface area contributed by atoms with Gasteiger partial charge in [0.2, 0.25) is 5.91 Å². The van der Waals surface area contributed by atoms with Crippen LogP contribution in [0.5, 0.6) is 5.75 Å². The number of amides is 1. The summed E-state index contributed by atoms with van der Waals surface area (Å²) in [5.74, 6) is 0.743. The number of carbonyl (C=O) groups is 2. The lowest BCUT2D eigenvalue weighted by Gasteiger charge is -2.14. The molecule has 0 spiro atoms. The van der Waals surface area contributed by atoms with E-state index >= 15 is 0 Å². The Hall–Kier alpha value is -2.63. The Labute approximate surface area is 141 Å². The monoisotopic (exact) mass is 329 g/mol. The third-order valence-corrected chi connectivity index (χ3v) is 3.74. The van der Waals surface area contributed by atoms with E-state index in [-0.39, 0.29) is 24.0 Å². The predicted molar refractivity (Wildman–Crippen MR) is 91.1 cm³/mol. The number of nitrogens with one attached hydrogen (secondary N) is 1. The number of hydrogen-bond donors (Lipinski definition) is 1. The van der Waals surface area contributed by atoms with Crippen LogP contribution in [0.3, 0.4) is 0 Å². The van der Waals surface area contributed by atoms with Gasteiger partial charge in [-0.25, -0.2) is 0 Å². The van der Waals surface area contributed by atoms with Gasteiger partial charge in [-0.05, 0) is 37.1 Å². The fraction of sp³-hybridized carbons (Fsp3) is 0.389. The van der Waals surface area contributed by atoms with Crippen LogP contribution in [0.2, 0.25) is 0 Å². The van der Waals surface area contributed by atoms with E-state index < -0.39 is 0 Å². The van der Waals surface area contributed by atoms with Gasteiger partial charge in [-0.2, -0.15) is 5.10 Å². The van der Waals surface area contributed by atoms with Gasteiger partial charge in [0.1, 0.15) is 5.75 Å².